The molecule has 1 rings (SSSR count). The van der Waals surface area contributed by atoms with Gasteiger partial charge in [0.25, 0.3) is 5.91 Å². The predicted molar refractivity (Wildman–Crippen MR) is 90.1 cm³/mol. The summed E-state index contributed by atoms with van der Waals surface area (Å²) in [6.45, 7) is 10.2. The summed E-state index contributed by atoms with van der Waals surface area (Å²) in [5.41, 5.74) is 2.25. The summed E-state index contributed by atoms with van der Waals surface area (Å²) in [4.78, 5) is 23.8. The van der Waals surface area contributed by atoms with E-state index in [4.69, 9.17) is 0 Å². The lowest BCUT2D eigenvalue weighted by molar-refractivity contribution is -0.116. The summed E-state index contributed by atoms with van der Waals surface area (Å²) in [7, 11) is 0. The van der Waals surface area contributed by atoms with Crippen molar-refractivity contribution in [2.75, 3.05) is 25.0 Å². The third kappa shape index (κ3) is 6.26. The maximum Gasteiger partial charge on any atom is 0.251 e. The minimum atomic E-state index is -0.0962. The first kappa shape index (κ1) is 18.2. The molecule has 5 nitrogen and oxygen atoms in total. The van der Waals surface area contributed by atoms with Crippen molar-refractivity contribution >= 4 is 17.5 Å². The molecular weight excluding hydrogens is 278 g/mol. The molecule has 0 fully saturated rings. The average Bonchev–Trinajstić information content (AvgIpc) is 2.44. The smallest absolute Gasteiger partial charge is 0.251 e. The maximum atomic E-state index is 12.0. The molecule has 0 aliphatic heterocycles. The summed E-state index contributed by atoms with van der Waals surface area (Å²) < 4.78 is 0. The van der Waals surface area contributed by atoms with Crippen LogP contribution < -0.4 is 16.0 Å². The van der Waals surface area contributed by atoms with Crippen LogP contribution in [0.15, 0.2) is 18.2 Å². The van der Waals surface area contributed by atoms with Crippen LogP contribution in [0.5, 0.6) is 0 Å². The Bertz CT molecular complexity index is 513. The van der Waals surface area contributed by atoms with E-state index in [1.807, 2.05) is 27.7 Å². The fourth-order valence-corrected chi connectivity index (χ4v) is 2.06. The van der Waals surface area contributed by atoms with Crippen LogP contribution in [0.4, 0.5) is 5.69 Å². The number of carbonyl (C=O) groups is 2. The molecule has 5 heteroatoms. The van der Waals surface area contributed by atoms with Crippen molar-refractivity contribution in [2.24, 2.45) is 5.92 Å². The highest BCUT2D eigenvalue weighted by atomic mass is 16.2. The van der Waals surface area contributed by atoms with Gasteiger partial charge in [-0.2, -0.15) is 0 Å². The van der Waals surface area contributed by atoms with Crippen molar-refractivity contribution < 1.29 is 9.59 Å². The molecule has 0 aromatic heterocycles. The van der Waals surface area contributed by atoms with Crippen molar-refractivity contribution in [2.45, 2.75) is 34.1 Å². The Kier molecular flexibility index (Phi) is 7.60. The monoisotopic (exact) mass is 305 g/mol. The van der Waals surface area contributed by atoms with Crippen LogP contribution in [-0.4, -0.2) is 31.4 Å². The van der Waals surface area contributed by atoms with Gasteiger partial charge in [-0.25, -0.2) is 0 Å². The fraction of sp³-hybridized carbons (Fsp3) is 0.529. The largest absolute Gasteiger partial charge is 0.351 e. The van der Waals surface area contributed by atoms with Crippen molar-refractivity contribution in [1.29, 1.82) is 0 Å². The van der Waals surface area contributed by atoms with E-state index in [-0.39, 0.29) is 11.8 Å². The number of benzene rings is 1. The van der Waals surface area contributed by atoms with Gasteiger partial charge in [-0.3, -0.25) is 9.59 Å². The van der Waals surface area contributed by atoms with Crippen LogP contribution in [0.1, 0.15) is 43.1 Å². The second kappa shape index (κ2) is 9.20. The molecule has 122 valence electrons. The Morgan fingerprint density at radius 2 is 1.91 bits per heavy atom. The number of rotatable bonds is 8. The Labute approximate surface area is 132 Å². The van der Waals surface area contributed by atoms with E-state index in [0.717, 1.165) is 24.3 Å². The molecule has 1 aromatic carbocycles. The topological polar surface area (TPSA) is 70.2 Å². The van der Waals surface area contributed by atoms with Crippen LogP contribution in [0.2, 0.25) is 0 Å². The molecule has 0 bridgehead atoms. The van der Waals surface area contributed by atoms with Crippen molar-refractivity contribution in [1.82, 2.24) is 10.6 Å². The Balaban J connectivity index is 2.61. The van der Waals surface area contributed by atoms with Gasteiger partial charge < -0.3 is 16.0 Å². The van der Waals surface area contributed by atoms with Gasteiger partial charge in [-0.05, 0) is 43.1 Å². The summed E-state index contributed by atoms with van der Waals surface area (Å²) in [6.07, 6.45) is 0.492. The molecule has 2 amide bonds. The highest BCUT2D eigenvalue weighted by molar-refractivity contribution is 5.96. The van der Waals surface area contributed by atoms with Crippen LogP contribution in [0.25, 0.3) is 0 Å². The van der Waals surface area contributed by atoms with Crippen LogP contribution in [-0.2, 0) is 4.79 Å². The lowest BCUT2D eigenvalue weighted by Gasteiger charge is -2.11. The molecule has 0 radical (unpaired) electrons. The zero-order valence-electron chi connectivity index (χ0n) is 14.0. The van der Waals surface area contributed by atoms with E-state index in [9.17, 15) is 9.59 Å². The van der Waals surface area contributed by atoms with E-state index in [1.165, 1.54) is 0 Å². The van der Waals surface area contributed by atoms with E-state index in [2.05, 4.69) is 16.0 Å². The lowest BCUT2D eigenvalue weighted by atomic mass is 10.1. The minimum Gasteiger partial charge on any atom is -0.351 e. The fourth-order valence-electron chi connectivity index (χ4n) is 2.06. The maximum absolute atomic E-state index is 12.0. The third-order valence-corrected chi connectivity index (χ3v) is 3.19. The number of likely N-dealkylation sites (N-methyl/N-ethyl adjacent to an activating group) is 1. The number of carbonyl (C=O) groups excluding carboxylic acids is 2. The van der Waals surface area contributed by atoms with E-state index < -0.39 is 0 Å². The van der Waals surface area contributed by atoms with Gasteiger partial charge in [0.2, 0.25) is 5.91 Å². The second-order valence-corrected chi connectivity index (χ2v) is 5.79. The highest BCUT2D eigenvalue weighted by Gasteiger charge is 2.10. The summed E-state index contributed by atoms with van der Waals surface area (Å²) in [5, 5.41) is 8.90. The van der Waals surface area contributed by atoms with Gasteiger partial charge in [-0.1, -0.05) is 20.8 Å². The van der Waals surface area contributed by atoms with Gasteiger partial charge in [0.1, 0.15) is 0 Å². The minimum absolute atomic E-state index is 0.000872. The molecule has 0 saturated carbocycles. The van der Waals surface area contributed by atoms with Crippen molar-refractivity contribution in [3.63, 3.8) is 0 Å². The number of amides is 2. The average molecular weight is 305 g/mol. The number of hydrogen-bond donors (Lipinski definition) is 3. The molecule has 0 aliphatic carbocycles. The molecule has 1 aromatic rings. The molecule has 0 saturated heterocycles. The van der Waals surface area contributed by atoms with E-state index in [0.29, 0.717) is 24.4 Å². The Hall–Kier alpha value is -1.88. The first-order valence-corrected chi connectivity index (χ1v) is 7.83. The summed E-state index contributed by atoms with van der Waals surface area (Å²) in [5.74, 6) is 0.226. The van der Waals surface area contributed by atoms with Crippen molar-refractivity contribution in [3.8, 4) is 0 Å². The molecule has 0 atom stereocenters. The summed E-state index contributed by atoms with van der Waals surface area (Å²) >= 11 is 0. The van der Waals surface area contributed by atoms with Gasteiger partial charge in [0.05, 0.1) is 0 Å². The number of anilines is 1. The van der Waals surface area contributed by atoms with Gasteiger partial charge in [0, 0.05) is 30.8 Å². The highest BCUT2D eigenvalue weighted by Crippen LogP contribution is 2.17. The van der Waals surface area contributed by atoms with Crippen LogP contribution >= 0.6 is 0 Å². The SMILES string of the molecule is CCNCCNC(=O)c1ccc(NC(=O)CC(C)C)c(C)c1. The Morgan fingerprint density at radius 3 is 2.50 bits per heavy atom. The molecular formula is C17H27N3O2. The van der Waals surface area contributed by atoms with Crippen LogP contribution in [0, 0.1) is 12.8 Å². The number of nitrogens with one attached hydrogen (secondary N) is 3. The zero-order chi connectivity index (χ0) is 16.5. The molecule has 0 spiro atoms. The number of aryl methyl sites for hydroxylation is 1. The molecule has 0 heterocycles. The lowest BCUT2D eigenvalue weighted by Crippen LogP contribution is -2.31. The molecule has 22 heavy (non-hydrogen) atoms. The van der Waals surface area contributed by atoms with E-state index >= 15 is 0 Å². The van der Waals surface area contributed by atoms with Gasteiger partial charge in [0.15, 0.2) is 0 Å². The standard InChI is InChI=1S/C17H27N3O2/c1-5-18-8-9-19-17(22)14-6-7-15(13(4)11-14)20-16(21)10-12(2)3/h6-7,11-12,18H,5,8-10H2,1-4H3,(H,19,22)(H,20,21). The Morgan fingerprint density at radius 1 is 1.18 bits per heavy atom. The first-order chi connectivity index (χ1) is 10.4. The zero-order valence-corrected chi connectivity index (χ0v) is 14.0. The second-order valence-electron chi connectivity index (χ2n) is 5.79. The normalized spacial score (nSPS) is 10.6. The van der Waals surface area contributed by atoms with Gasteiger partial charge in [-0.15, -0.1) is 0 Å². The molecule has 3 N–H and O–H groups in total. The predicted octanol–water partition coefficient (Wildman–Crippen LogP) is 2.32. The quantitative estimate of drug-likeness (QED) is 0.646. The van der Waals surface area contributed by atoms with Crippen molar-refractivity contribution in [3.05, 3.63) is 29.3 Å². The first-order valence-electron chi connectivity index (χ1n) is 7.83. The van der Waals surface area contributed by atoms with Gasteiger partial charge >= 0.3 is 0 Å². The van der Waals surface area contributed by atoms with E-state index in [1.54, 1.807) is 18.2 Å². The molecule has 0 unspecified atom stereocenters. The van der Waals surface area contributed by atoms with Crippen LogP contribution in [0.3, 0.4) is 0 Å². The summed E-state index contributed by atoms with van der Waals surface area (Å²) in [6, 6.07) is 5.32. The third-order valence-electron chi connectivity index (χ3n) is 3.19. The number of hydrogen-bond acceptors (Lipinski definition) is 3. The molecule has 0 aliphatic rings.